The number of nitrogens with two attached hydrogens (primary N) is 1. The summed E-state index contributed by atoms with van der Waals surface area (Å²) in [4.78, 5) is 15.1. The van der Waals surface area contributed by atoms with Crippen molar-refractivity contribution in [2.45, 2.75) is 106 Å². The number of ether oxygens (including phenoxy) is 2. The van der Waals surface area contributed by atoms with Gasteiger partial charge in [0.05, 0.1) is 31.8 Å². The van der Waals surface area contributed by atoms with Crippen LogP contribution in [0.2, 0.25) is 0 Å². The molecule has 3 saturated carbocycles. The standard InChI is InChI=1S/C34H55N5O4/c1-20(2)21(3)30(5)13-14-32(7)23-9-10-26-31(6)18-42-19-34(26,24(23)11-12-33(32,8)27(30)29(40)41)17-25(28(31)43-16-15-35)39-37-22(4)36-38-39/h11,20-21,23,25-28H,9-10,12-19,35H2,1-8H3,(H,40,41)/t21-,23+,25-,26+,27?,28+,30-,31-,32-,33+,34+/m1/s1. The van der Waals surface area contributed by atoms with Crippen LogP contribution in [0.1, 0.15) is 98.9 Å². The molecule has 2 heterocycles. The number of hydrogen-bond acceptors (Lipinski definition) is 7. The smallest absolute Gasteiger partial charge is 0.307 e. The van der Waals surface area contributed by atoms with Crippen LogP contribution in [-0.4, -0.2) is 63.8 Å². The number of nitrogens with zero attached hydrogens (tertiary/aromatic N) is 4. The minimum Gasteiger partial charge on any atom is -0.481 e. The summed E-state index contributed by atoms with van der Waals surface area (Å²) < 4.78 is 13.2. The van der Waals surface area contributed by atoms with Crippen molar-refractivity contribution in [2.24, 2.45) is 62.4 Å². The van der Waals surface area contributed by atoms with Gasteiger partial charge in [-0.3, -0.25) is 4.79 Å². The van der Waals surface area contributed by atoms with Crippen molar-refractivity contribution in [1.29, 1.82) is 0 Å². The highest BCUT2D eigenvalue weighted by molar-refractivity contribution is 5.73. The van der Waals surface area contributed by atoms with Gasteiger partial charge in [-0.25, -0.2) is 0 Å². The van der Waals surface area contributed by atoms with Gasteiger partial charge < -0.3 is 20.3 Å². The zero-order valence-corrected chi connectivity index (χ0v) is 27.7. The summed E-state index contributed by atoms with van der Waals surface area (Å²) in [6, 6.07) is -0.0769. The van der Waals surface area contributed by atoms with Crippen LogP contribution in [0.3, 0.4) is 0 Å². The van der Waals surface area contributed by atoms with Crippen molar-refractivity contribution >= 4 is 5.97 Å². The quantitative estimate of drug-likeness (QED) is 0.397. The molecule has 3 N–H and O–H groups in total. The van der Waals surface area contributed by atoms with E-state index in [2.05, 4.69) is 64.9 Å². The Morgan fingerprint density at radius 3 is 2.53 bits per heavy atom. The number of aliphatic carboxylic acids is 1. The Labute approximate surface area is 257 Å². The highest BCUT2D eigenvalue weighted by atomic mass is 16.5. The third kappa shape index (κ3) is 4.12. The molecule has 0 amide bonds. The first-order chi connectivity index (χ1) is 20.2. The molecule has 9 heteroatoms. The van der Waals surface area contributed by atoms with Gasteiger partial charge in [-0.1, -0.05) is 60.1 Å². The van der Waals surface area contributed by atoms with Crippen molar-refractivity contribution in [2.75, 3.05) is 26.4 Å². The van der Waals surface area contributed by atoms with E-state index in [1.165, 1.54) is 5.57 Å². The highest BCUT2D eigenvalue weighted by Gasteiger charge is 2.72. The summed E-state index contributed by atoms with van der Waals surface area (Å²) in [5, 5.41) is 24.4. The maximum atomic E-state index is 13.3. The number of tetrazole rings is 1. The van der Waals surface area contributed by atoms with E-state index in [4.69, 9.17) is 20.3 Å². The first kappa shape index (κ1) is 31.2. The number of allylic oxidation sites excluding steroid dienone is 1. The van der Waals surface area contributed by atoms with Crippen LogP contribution in [0.25, 0.3) is 0 Å². The lowest BCUT2D eigenvalue weighted by molar-refractivity contribution is -0.251. The highest BCUT2D eigenvalue weighted by Crippen LogP contribution is 2.75. The number of aryl methyl sites for hydroxylation is 1. The van der Waals surface area contributed by atoms with Crippen molar-refractivity contribution in [3.63, 3.8) is 0 Å². The van der Waals surface area contributed by atoms with Crippen molar-refractivity contribution in [1.82, 2.24) is 20.2 Å². The number of hydrogen-bond donors (Lipinski definition) is 2. The fourth-order valence-corrected chi connectivity index (χ4v) is 11.7. The molecule has 2 bridgehead atoms. The topological polar surface area (TPSA) is 125 Å². The number of rotatable bonds is 7. The molecule has 43 heavy (non-hydrogen) atoms. The molecular formula is C34H55N5O4. The summed E-state index contributed by atoms with van der Waals surface area (Å²) in [6.45, 7) is 20.3. The van der Waals surface area contributed by atoms with Crippen LogP contribution in [0.15, 0.2) is 11.6 Å². The Balaban J connectivity index is 1.46. The van der Waals surface area contributed by atoms with Gasteiger partial charge in [0.2, 0.25) is 0 Å². The van der Waals surface area contributed by atoms with E-state index in [0.717, 1.165) is 38.5 Å². The first-order valence-electron chi connectivity index (χ1n) is 16.8. The second kappa shape index (κ2) is 10.3. The number of carboxylic acid groups (broad SMARTS) is 1. The zero-order valence-electron chi connectivity index (χ0n) is 27.7. The van der Waals surface area contributed by atoms with Gasteiger partial charge >= 0.3 is 5.97 Å². The van der Waals surface area contributed by atoms with Crippen molar-refractivity contribution in [3.05, 3.63) is 17.5 Å². The SMILES string of the molecule is Cc1nnn([C@@H]2C[C@@]34COC[C@](C)([C@@H]3CC[C@H]3C4=CC[C@@]4(C)C(C(=O)O)[C@@](C)([C@H](C)C(C)C)CC[C@]34C)[C@H]2OCCN)n1. The van der Waals surface area contributed by atoms with Crippen molar-refractivity contribution < 1.29 is 19.4 Å². The molecule has 1 aromatic heterocycles. The van der Waals surface area contributed by atoms with Crippen LogP contribution in [0, 0.1) is 63.6 Å². The number of carbonyl (C=O) groups is 1. The molecule has 1 unspecified atom stereocenters. The number of aromatic nitrogens is 4. The maximum absolute atomic E-state index is 13.3. The Morgan fingerprint density at radius 1 is 1.16 bits per heavy atom. The minimum absolute atomic E-state index is 0.0769. The summed E-state index contributed by atoms with van der Waals surface area (Å²) >= 11 is 0. The number of fused-ring (bicyclic) bond motifs is 3. The molecule has 11 atom stereocenters. The Kier molecular flexibility index (Phi) is 7.49. The van der Waals surface area contributed by atoms with Gasteiger partial charge in [-0.15, -0.1) is 10.2 Å². The molecule has 1 aliphatic heterocycles. The lowest BCUT2D eigenvalue weighted by Crippen LogP contribution is -2.69. The van der Waals surface area contributed by atoms with E-state index in [9.17, 15) is 9.90 Å². The molecule has 240 valence electrons. The third-order valence-corrected chi connectivity index (χ3v) is 14.3. The molecule has 0 aromatic carbocycles. The normalized spacial score (nSPS) is 46.4. The van der Waals surface area contributed by atoms with Crippen LogP contribution in [-0.2, 0) is 14.3 Å². The van der Waals surface area contributed by atoms with Crippen LogP contribution < -0.4 is 5.73 Å². The molecule has 4 aliphatic carbocycles. The lowest BCUT2D eigenvalue weighted by atomic mass is 9.34. The molecule has 1 aromatic rings. The van der Waals surface area contributed by atoms with E-state index < -0.39 is 11.9 Å². The predicted octanol–water partition coefficient (Wildman–Crippen LogP) is 5.46. The molecule has 0 radical (unpaired) electrons. The lowest BCUT2D eigenvalue weighted by Gasteiger charge is -2.71. The predicted molar refractivity (Wildman–Crippen MR) is 164 cm³/mol. The van der Waals surface area contributed by atoms with Crippen LogP contribution in [0.4, 0.5) is 0 Å². The van der Waals surface area contributed by atoms with E-state index >= 15 is 0 Å². The molecule has 0 spiro atoms. The fraction of sp³-hybridized carbons (Fsp3) is 0.882. The molecule has 5 aliphatic rings. The second-order valence-electron chi connectivity index (χ2n) is 16.4. The zero-order chi connectivity index (χ0) is 31.2. The molecule has 9 nitrogen and oxygen atoms in total. The van der Waals surface area contributed by atoms with Gasteiger partial charge in [0.15, 0.2) is 5.82 Å². The summed E-state index contributed by atoms with van der Waals surface area (Å²) in [5.74, 6) is 1.12. The van der Waals surface area contributed by atoms with Gasteiger partial charge in [0.25, 0.3) is 0 Å². The molecular weight excluding hydrogens is 542 g/mol. The largest absolute Gasteiger partial charge is 0.481 e. The molecule has 4 fully saturated rings. The summed E-state index contributed by atoms with van der Waals surface area (Å²) in [7, 11) is 0. The summed E-state index contributed by atoms with van der Waals surface area (Å²) in [5.41, 5.74) is 6.36. The van der Waals surface area contributed by atoms with Crippen molar-refractivity contribution in [3.8, 4) is 0 Å². The van der Waals surface area contributed by atoms with E-state index in [0.29, 0.717) is 55.9 Å². The van der Waals surface area contributed by atoms with E-state index in [-0.39, 0.29) is 39.2 Å². The molecule has 1 saturated heterocycles. The van der Waals surface area contributed by atoms with Crippen LogP contribution in [0.5, 0.6) is 0 Å². The Bertz CT molecular complexity index is 1280. The summed E-state index contributed by atoms with van der Waals surface area (Å²) in [6.07, 6.45) is 8.15. The third-order valence-electron chi connectivity index (χ3n) is 14.3. The number of carboxylic acids is 1. The first-order valence-corrected chi connectivity index (χ1v) is 16.8. The van der Waals surface area contributed by atoms with Crippen LogP contribution >= 0.6 is 0 Å². The fourth-order valence-electron chi connectivity index (χ4n) is 11.7. The van der Waals surface area contributed by atoms with Gasteiger partial charge in [0, 0.05) is 17.4 Å². The van der Waals surface area contributed by atoms with Gasteiger partial charge in [-0.2, -0.15) is 4.80 Å². The van der Waals surface area contributed by atoms with Gasteiger partial charge in [-0.05, 0) is 90.6 Å². The minimum atomic E-state index is -0.619. The average molecular weight is 598 g/mol. The molecule has 6 rings (SSSR count). The maximum Gasteiger partial charge on any atom is 0.307 e. The average Bonchev–Trinajstić information content (AvgIpc) is 3.38. The van der Waals surface area contributed by atoms with E-state index in [1.54, 1.807) is 4.80 Å². The van der Waals surface area contributed by atoms with Gasteiger partial charge in [0.1, 0.15) is 6.04 Å². The second-order valence-corrected chi connectivity index (χ2v) is 16.4. The monoisotopic (exact) mass is 597 g/mol. The Hall–Kier alpha value is -1.84. The van der Waals surface area contributed by atoms with E-state index in [1.807, 2.05) is 6.92 Å². The Morgan fingerprint density at radius 2 is 1.91 bits per heavy atom.